The number of fused-ring (bicyclic) bond motifs is 5. The number of allylic oxidation sites excluding steroid dienone is 1. The van der Waals surface area contributed by atoms with Crippen molar-refractivity contribution in [3.63, 3.8) is 0 Å². The maximum atomic E-state index is 15.3. The smallest absolute Gasteiger partial charge is 0.408 e. The lowest BCUT2D eigenvalue weighted by Gasteiger charge is -2.42. The van der Waals surface area contributed by atoms with Crippen LogP contribution in [0.25, 0.3) is 10.9 Å². The third-order valence-corrected chi connectivity index (χ3v) is 16.3. The molecule has 1 aromatic carbocycles. The third kappa shape index (κ3) is 6.88. The van der Waals surface area contributed by atoms with Gasteiger partial charge in [-0.15, -0.1) is 0 Å². The second-order valence-corrected chi connectivity index (χ2v) is 20.2. The maximum Gasteiger partial charge on any atom is 0.408 e. The minimum absolute atomic E-state index is 0.0864. The first kappa shape index (κ1) is 40.4. The molecule has 58 heavy (non-hydrogen) atoms. The first-order valence-corrected chi connectivity index (χ1v) is 22.7. The van der Waals surface area contributed by atoms with Crippen molar-refractivity contribution in [2.45, 2.75) is 164 Å². The number of methoxy groups -OCH3 is 1. The van der Waals surface area contributed by atoms with E-state index in [1.165, 1.54) is 9.80 Å². The normalized spacial score (nSPS) is 31.6. The molecule has 3 N–H and O–H groups in total. The van der Waals surface area contributed by atoms with Crippen molar-refractivity contribution in [2.75, 3.05) is 7.11 Å². The highest BCUT2D eigenvalue weighted by Gasteiger charge is 2.65. The Bertz CT molecular complexity index is 2170. The number of benzene rings is 1. The molecule has 1 saturated heterocycles. The van der Waals surface area contributed by atoms with Gasteiger partial charge >= 0.3 is 6.09 Å². The van der Waals surface area contributed by atoms with Crippen molar-refractivity contribution in [1.82, 2.24) is 24.8 Å². The van der Waals surface area contributed by atoms with Crippen LogP contribution in [-0.4, -0.2) is 99.3 Å². The lowest BCUT2D eigenvalue weighted by atomic mass is 9.83. The van der Waals surface area contributed by atoms with Crippen LogP contribution in [0, 0.1) is 5.92 Å². The van der Waals surface area contributed by atoms with Gasteiger partial charge in [0.15, 0.2) is 0 Å². The Morgan fingerprint density at radius 1 is 1.14 bits per heavy atom. The van der Waals surface area contributed by atoms with Crippen LogP contribution in [0.4, 0.5) is 4.79 Å². The number of amides is 4. The number of nitrogens with zero attached hydrogens (tertiary/aromatic N) is 3. The quantitative estimate of drug-likeness (QED) is 0.279. The Hall–Kier alpha value is -4.40. The van der Waals surface area contributed by atoms with Crippen molar-refractivity contribution in [1.29, 1.82) is 0 Å². The molecular formula is C43H57N5O9S. The summed E-state index contributed by atoms with van der Waals surface area (Å²) in [6.45, 7) is 7.15. The predicted molar refractivity (Wildman–Crippen MR) is 216 cm³/mol. The fraction of sp³-hybridized carbons (Fsp3) is 0.651. The number of hydrogen-bond acceptors (Lipinski definition) is 9. The first-order valence-electron chi connectivity index (χ1n) is 21.2. The van der Waals surface area contributed by atoms with E-state index in [4.69, 9.17) is 14.5 Å². The molecule has 4 amide bonds. The molecular weight excluding hydrogens is 763 g/mol. The summed E-state index contributed by atoms with van der Waals surface area (Å²) in [6.07, 6.45) is 10.3. The van der Waals surface area contributed by atoms with Crippen LogP contribution in [0.5, 0.6) is 11.5 Å². The molecule has 0 bridgehead atoms. The number of carbonyl (C=O) groups excluding carboxylic acids is 3. The maximum absolute atomic E-state index is 15.3. The molecule has 4 fully saturated rings. The number of nitrogens with one attached hydrogen (secondary N) is 2. The summed E-state index contributed by atoms with van der Waals surface area (Å²) in [5, 5.41) is 14.5. The molecule has 6 aliphatic rings. The van der Waals surface area contributed by atoms with Crippen molar-refractivity contribution < 1.29 is 42.2 Å². The standard InChI is InChI=1S/C43H57N5O9S/c1-6-25(2)47(40(52)53)33-13-11-9-7-8-10-12-28-23-43(28,39(51)46-58(54,55)41(4)20-21-41)45-37(49)34-24-42(26(3)48(34)38(33)50)19-18-30-31-22-29(56-5)16-17-32(31)44-35(27-14-15-27)36(30)57-42/h10,12,16-17,22,25-28,33-34H,6-9,11,13-15,18-21,23-24H2,1-5H3,(H,45,49)(H,46,51)(H,52,53)/b12-10-/t25?,26?,28-,33+,34+,42-,43-/m1/s1. The Morgan fingerprint density at radius 3 is 2.57 bits per heavy atom. The molecule has 1 spiro atoms. The van der Waals surface area contributed by atoms with E-state index in [1.54, 1.807) is 21.0 Å². The molecule has 14 nitrogen and oxygen atoms in total. The number of pyridine rings is 1. The molecule has 7 atom stereocenters. The molecule has 8 rings (SSSR count). The van der Waals surface area contributed by atoms with Crippen LogP contribution in [0.2, 0.25) is 0 Å². The number of aromatic nitrogens is 1. The van der Waals surface area contributed by atoms with Gasteiger partial charge in [-0.05, 0) is 110 Å². The van der Waals surface area contributed by atoms with Gasteiger partial charge < -0.3 is 24.8 Å². The monoisotopic (exact) mass is 819 g/mol. The number of hydrogen-bond donors (Lipinski definition) is 3. The molecule has 2 unspecified atom stereocenters. The number of aryl methyl sites for hydroxylation is 1. The summed E-state index contributed by atoms with van der Waals surface area (Å²) in [4.78, 5) is 65.2. The van der Waals surface area contributed by atoms with E-state index >= 15 is 4.79 Å². The zero-order chi connectivity index (χ0) is 41.4. The Labute approximate surface area is 340 Å². The van der Waals surface area contributed by atoms with Gasteiger partial charge in [-0.3, -0.25) is 24.0 Å². The molecule has 0 radical (unpaired) electrons. The molecule has 4 heterocycles. The fourth-order valence-electron chi connectivity index (χ4n) is 9.63. The van der Waals surface area contributed by atoms with E-state index in [-0.39, 0.29) is 25.2 Å². The largest absolute Gasteiger partial charge is 0.497 e. The van der Waals surface area contributed by atoms with Crippen molar-refractivity contribution >= 4 is 44.7 Å². The summed E-state index contributed by atoms with van der Waals surface area (Å²) < 4.78 is 40.7. The number of sulfonamides is 1. The van der Waals surface area contributed by atoms with Gasteiger partial charge in [-0.25, -0.2) is 18.2 Å². The van der Waals surface area contributed by atoms with Crippen molar-refractivity contribution in [3.05, 3.63) is 41.6 Å². The Morgan fingerprint density at radius 2 is 1.90 bits per heavy atom. The van der Waals surface area contributed by atoms with Crippen molar-refractivity contribution in [3.8, 4) is 11.5 Å². The SMILES string of the molecule is CCC(C)N(C(=O)O)[C@H]1CCCCC/C=C\[C@@H]2C[C@@]2(C(=O)NS(=O)(=O)C2(C)CC2)NC(=O)[C@@H]2C[C@]3(CCc4c(c(C5CC5)nc5ccc(OC)cc45)O3)C(C)N2C1=O. The van der Waals surface area contributed by atoms with Crippen LogP contribution in [0.3, 0.4) is 0 Å². The van der Waals surface area contributed by atoms with Crippen molar-refractivity contribution in [2.24, 2.45) is 5.92 Å². The lowest BCUT2D eigenvalue weighted by Crippen LogP contribution is -2.61. The van der Waals surface area contributed by atoms with Gasteiger partial charge in [0.25, 0.3) is 5.91 Å². The molecule has 3 saturated carbocycles. The van der Waals surface area contributed by atoms with Gasteiger partial charge in [-0.2, -0.15) is 0 Å². The molecule has 15 heteroatoms. The second kappa shape index (κ2) is 14.7. The Kier molecular flexibility index (Phi) is 10.2. The van der Waals surface area contributed by atoms with Gasteiger partial charge in [0.1, 0.15) is 34.7 Å². The van der Waals surface area contributed by atoms with Gasteiger partial charge in [0.2, 0.25) is 21.8 Å². The van der Waals surface area contributed by atoms with Crippen LogP contribution >= 0.6 is 0 Å². The minimum atomic E-state index is -4.01. The number of ether oxygens (including phenoxy) is 2. The minimum Gasteiger partial charge on any atom is -0.497 e. The fourth-order valence-corrected chi connectivity index (χ4v) is 10.9. The molecule has 2 aromatic rings. The number of rotatable bonds is 8. The average Bonchev–Trinajstić information content (AvgIpc) is 4.12. The molecule has 3 aliphatic heterocycles. The highest BCUT2D eigenvalue weighted by atomic mass is 32.2. The van der Waals surface area contributed by atoms with Crippen LogP contribution < -0.4 is 19.5 Å². The molecule has 3 aliphatic carbocycles. The highest BCUT2D eigenvalue weighted by molar-refractivity contribution is 7.91. The van der Waals surface area contributed by atoms with Gasteiger partial charge in [0, 0.05) is 35.2 Å². The summed E-state index contributed by atoms with van der Waals surface area (Å²) in [6, 6.07) is 2.45. The van der Waals surface area contributed by atoms with Crippen LogP contribution in [0.15, 0.2) is 30.4 Å². The molecule has 314 valence electrons. The predicted octanol–water partition coefficient (Wildman–Crippen LogP) is 5.71. The van der Waals surface area contributed by atoms with Crippen LogP contribution in [0.1, 0.15) is 128 Å². The lowest BCUT2D eigenvalue weighted by molar-refractivity contribution is -0.146. The zero-order valence-corrected chi connectivity index (χ0v) is 35.0. The van der Waals surface area contributed by atoms with E-state index in [9.17, 15) is 27.9 Å². The molecule has 1 aromatic heterocycles. The summed E-state index contributed by atoms with van der Waals surface area (Å²) >= 11 is 0. The topological polar surface area (TPSA) is 185 Å². The first-order chi connectivity index (χ1) is 27.6. The van der Waals surface area contributed by atoms with Gasteiger partial charge in [0.05, 0.1) is 29.1 Å². The summed E-state index contributed by atoms with van der Waals surface area (Å²) in [7, 11) is -2.39. The third-order valence-electron chi connectivity index (χ3n) is 14.2. The zero-order valence-electron chi connectivity index (χ0n) is 34.2. The van der Waals surface area contributed by atoms with E-state index in [0.29, 0.717) is 56.4 Å². The van der Waals surface area contributed by atoms with E-state index in [1.807, 2.05) is 44.2 Å². The van der Waals surface area contributed by atoms with Crippen LogP contribution in [-0.2, 0) is 30.8 Å². The summed E-state index contributed by atoms with van der Waals surface area (Å²) in [5.41, 5.74) is 0.123. The van der Waals surface area contributed by atoms with E-state index < -0.39 is 79.8 Å². The second-order valence-electron chi connectivity index (χ2n) is 18.0. The number of carboxylic acid groups (broad SMARTS) is 1. The number of carbonyl (C=O) groups is 4. The van der Waals surface area contributed by atoms with Gasteiger partial charge in [-0.1, -0.05) is 31.9 Å². The van der Waals surface area contributed by atoms with E-state index in [2.05, 4.69) is 10.0 Å². The summed E-state index contributed by atoms with van der Waals surface area (Å²) in [5.74, 6) is -0.732. The highest BCUT2D eigenvalue weighted by Crippen LogP contribution is 2.53. The Balaban J connectivity index is 1.21. The average molecular weight is 820 g/mol. The van der Waals surface area contributed by atoms with E-state index in [0.717, 1.165) is 47.8 Å².